The van der Waals surface area contributed by atoms with E-state index in [0.29, 0.717) is 11.3 Å². The van der Waals surface area contributed by atoms with E-state index in [0.717, 1.165) is 12.1 Å². The maximum atomic E-state index is 13.0. The van der Waals surface area contributed by atoms with E-state index < -0.39 is 23.6 Å². The summed E-state index contributed by atoms with van der Waals surface area (Å²) in [5, 5.41) is 12.2. The van der Waals surface area contributed by atoms with Crippen molar-refractivity contribution in [3.63, 3.8) is 0 Å². The molecule has 1 amide bonds. The number of halogens is 2. The average Bonchev–Trinajstić information content (AvgIpc) is 3.03. The number of ether oxygens (including phenoxy) is 1. The van der Waals surface area contributed by atoms with Crippen molar-refractivity contribution in [1.82, 2.24) is 5.32 Å². The minimum Gasteiger partial charge on any atom is -0.491 e. The molecule has 0 saturated carbocycles. The van der Waals surface area contributed by atoms with Crippen LogP contribution >= 0.6 is 0 Å². The minimum atomic E-state index is -1.04. The molecular weight excluding hydrogens is 310 g/mol. The van der Waals surface area contributed by atoms with E-state index in [1.165, 1.54) is 18.4 Å². The average molecular weight is 326 g/mol. The molecule has 0 aliphatic heterocycles. The van der Waals surface area contributed by atoms with Crippen LogP contribution in [0.3, 0.4) is 0 Å². The second-order valence-corrected chi connectivity index (χ2v) is 4.76. The Morgan fingerprint density at radius 3 is 2.78 bits per heavy atom. The lowest BCUT2D eigenvalue weighted by molar-refractivity contribution is 0.0842. The van der Waals surface area contributed by atoms with Crippen LogP contribution in [-0.2, 0) is 6.54 Å². The van der Waals surface area contributed by atoms with Gasteiger partial charge in [-0.3, -0.25) is 4.79 Å². The van der Waals surface area contributed by atoms with Gasteiger partial charge in [-0.1, -0.05) is 0 Å². The molecule has 2 aromatic rings. The zero-order chi connectivity index (χ0) is 16.8. The Labute approximate surface area is 130 Å². The van der Waals surface area contributed by atoms with Crippen LogP contribution in [0.25, 0.3) is 0 Å². The number of amides is 1. The number of nitrogens with two attached hydrogens (primary N) is 1. The van der Waals surface area contributed by atoms with Gasteiger partial charge in [0.25, 0.3) is 5.91 Å². The van der Waals surface area contributed by atoms with Crippen molar-refractivity contribution in [1.29, 1.82) is 0 Å². The van der Waals surface area contributed by atoms with Gasteiger partial charge in [-0.05, 0) is 18.2 Å². The molecule has 0 aliphatic carbocycles. The molecule has 23 heavy (non-hydrogen) atoms. The molecule has 2 rings (SSSR count). The van der Waals surface area contributed by atoms with Gasteiger partial charge < -0.3 is 25.3 Å². The fourth-order valence-electron chi connectivity index (χ4n) is 1.74. The normalized spacial score (nSPS) is 12.0. The number of rotatable bonds is 7. The summed E-state index contributed by atoms with van der Waals surface area (Å²) in [7, 11) is 0. The third-order valence-corrected chi connectivity index (χ3v) is 2.95. The highest BCUT2D eigenvalue weighted by Gasteiger charge is 2.12. The first-order valence-corrected chi connectivity index (χ1v) is 6.81. The summed E-state index contributed by atoms with van der Waals surface area (Å²) in [6.45, 7) is -0.0889. The fourth-order valence-corrected chi connectivity index (χ4v) is 1.74. The number of aliphatic hydroxyl groups excluding tert-OH is 1. The molecule has 0 saturated heterocycles. The van der Waals surface area contributed by atoms with Crippen molar-refractivity contribution < 1.29 is 27.8 Å². The van der Waals surface area contributed by atoms with Gasteiger partial charge in [0.15, 0.2) is 11.6 Å². The fraction of sp³-hybridized carbons (Fsp3) is 0.267. The Bertz CT molecular complexity index is 675. The van der Waals surface area contributed by atoms with Crippen LogP contribution in [0.1, 0.15) is 16.1 Å². The van der Waals surface area contributed by atoms with Crippen LogP contribution in [-0.4, -0.2) is 30.3 Å². The van der Waals surface area contributed by atoms with Crippen LogP contribution in [0.4, 0.5) is 8.78 Å². The molecule has 1 heterocycles. The highest BCUT2D eigenvalue weighted by molar-refractivity contribution is 5.93. The largest absolute Gasteiger partial charge is 0.491 e. The monoisotopic (exact) mass is 326 g/mol. The Balaban J connectivity index is 1.77. The van der Waals surface area contributed by atoms with Crippen molar-refractivity contribution in [2.75, 3.05) is 13.2 Å². The summed E-state index contributed by atoms with van der Waals surface area (Å²) < 4.78 is 35.9. The summed E-state index contributed by atoms with van der Waals surface area (Å²) >= 11 is 0. The number of hydrogen-bond donors (Lipinski definition) is 3. The molecule has 0 spiro atoms. The molecule has 0 aliphatic rings. The van der Waals surface area contributed by atoms with Crippen molar-refractivity contribution in [2.24, 2.45) is 5.73 Å². The molecule has 124 valence electrons. The first kappa shape index (κ1) is 16.9. The summed E-state index contributed by atoms with van der Waals surface area (Å²) in [6, 6.07) is 4.54. The Morgan fingerprint density at radius 1 is 1.35 bits per heavy atom. The van der Waals surface area contributed by atoms with Crippen molar-refractivity contribution in [2.45, 2.75) is 12.6 Å². The molecule has 1 aromatic carbocycles. The summed E-state index contributed by atoms with van der Waals surface area (Å²) in [4.78, 5) is 11.8. The van der Waals surface area contributed by atoms with Gasteiger partial charge in [-0.2, -0.15) is 0 Å². The molecule has 4 N–H and O–H groups in total. The van der Waals surface area contributed by atoms with Gasteiger partial charge in [-0.15, -0.1) is 0 Å². The number of hydrogen-bond acceptors (Lipinski definition) is 5. The first-order chi connectivity index (χ1) is 11.0. The maximum absolute atomic E-state index is 13.0. The molecule has 6 nitrogen and oxygen atoms in total. The second-order valence-electron chi connectivity index (χ2n) is 4.76. The van der Waals surface area contributed by atoms with Gasteiger partial charge in [0.1, 0.15) is 30.5 Å². The predicted octanol–water partition coefficient (Wildman–Crippen LogP) is 1.19. The molecule has 8 heteroatoms. The van der Waals surface area contributed by atoms with E-state index in [4.69, 9.17) is 14.9 Å². The number of nitrogens with one attached hydrogen (secondary N) is 1. The Kier molecular flexibility index (Phi) is 5.67. The summed E-state index contributed by atoms with van der Waals surface area (Å²) in [5.74, 6) is -1.91. The zero-order valence-electron chi connectivity index (χ0n) is 12.1. The van der Waals surface area contributed by atoms with Crippen molar-refractivity contribution in [3.05, 3.63) is 53.5 Å². The van der Waals surface area contributed by atoms with Gasteiger partial charge in [0.05, 0.1) is 12.1 Å². The van der Waals surface area contributed by atoms with E-state index in [1.54, 1.807) is 0 Å². The molecule has 1 atom stereocenters. The Morgan fingerprint density at radius 2 is 2.13 bits per heavy atom. The second kappa shape index (κ2) is 7.70. The SMILES string of the molecule is NCc1cc(C(=O)NCC(O)COc2ccc(F)c(F)c2)co1. The van der Waals surface area contributed by atoms with Crippen molar-refractivity contribution in [3.8, 4) is 5.75 Å². The number of aliphatic hydroxyl groups is 1. The standard InChI is InChI=1S/C15H16F2N2O4/c16-13-2-1-11(4-14(13)17)23-8-10(20)6-19-15(21)9-3-12(5-18)22-7-9/h1-4,7,10,20H,5-6,8,18H2,(H,19,21). The first-order valence-electron chi connectivity index (χ1n) is 6.81. The van der Waals surface area contributed by atoms with Gasteiger partial charge in [-0.25, -0.2) is 8.78 Å². The number of benzene rings is 1. The van der Waals surface area contributed by atoms with Crippen LogP contribution in [0, 0.1) is 11.6 Å². The number of carbonyl (C=O) groups excluding carboxylic acids is 1. The van der Waals surface area contributed by atoms with E-state index in [1.807, 2.05) is 0 Å². The number of furan rings is 1. The lowest BCUT2D eigenvalue weighted by atomic mass is 10.2. The van der Waals surface area contributed by atoms with Crippen LogP contribution in [0.5, 0.6) is 5.75 Å². The van der Waals surface area contributed by atoms with E-state index in [2.05, 4.69) is 5.32 Å². The van der Waals surface area contributed by atoms with Gasteiger partial charge >= 0.3 is 0 Å². The molecule has 1 aromatic heterocycles. The highest BCUT2D eigenvalue weighted by atomic mass is 19.2. The lowest BCUT2D eigenvalue weighted by Crippen LogP contribution is -2.35. The van der Waals surface area contributed by atoms with E-state index >= 15 is 0 Å². The zero-order valence-corrected chi connectivity index (χ0v) is 12.1. The van der Waals surface area contributed by atoms with Crippen LogP contribution in [0.15, 0.2) is 34.9 Å². The van der Waals surface area contributed by atoms with Gasteiger partial charge in [0.2, 0.25) is 0 Å². The molecule has 1 unspecified atom stereocenters. The predicted molar refractivity (Wildman–Crippen MR) is 76.8 cm³/mol. The van der Waals surface area contributed by atoms with Gasteiger partial charge in [0, 0.05) is 12.6 Å². The summed E-state index contributed by atoms with van der Waals surface area (Å²) in [6.07, 6.45) is 0.245. The lowest BCUT2D eigenvalue weighted by Gasteiger charge is -2.13. The van der Waals surface area contributed by atoms with E-state index in [9.17, 15) is 18.7 Å². The number of carbonyl (C=O) groups is 1. The minimum absolute atomic E-state index is 0.0777. The maximum Gasteiger partial charge on any atom is 0.254 e. The topological polar surface area (TPSA) is 97.7 Å². The summed E-state index contributed by atoms with van der Waals surface area (Å²) in [5.41, 5.74) is 5.66. The third-order valence-electron chi connectivity index (χ3n) is 2.95. The third kappa shape index (κ3) is 4.76. The van der Waals surface area contributed by atoms with Crippen LogP contribution < -0.4 is 15.8 Å². The smallest absolute Gasteiger partial charge is 0.254 e. The quantitative estimate of drug-likeness (QED) is 0.710. The Hall–Kier alpha value is -2.45. The highest BCUT2D eigenvalue weighted by Crippen LogP contribution is 2.15. The van der Waals surface area contributed by atoms with E-state index in [-0.39, 0.29) is 25.4 Å². The van der Waals surface area contributed by atoms with Crippen molar-refractivity contribution >= 4 is 5.91 Å². The molecule has 0 bridgehead atoms. The molecule has 0 radical (unpaired) electrons. The molecular formula is C15H16F2N2O4. The van der Waals surface area contributed by atoms with Crippen LogP contribution in [0.2, 0.25) is 0 Å². The molecule has 0 fully saturated rings.